The summed E-state index contributed by atoms with van der Waals surface area (Å²) >= 11 is 0. The van der Waals surface area contributed by atoms with Crippen molar-refractivity contribution in [2.24, 2.45) is 5.41 Å². The number of carboxylic acid groups (broad SMARTS) is 1. The summed E-state index contributed by atoms with van der Waals surface area (Å²) in [6.07, 6.45) is 8.09. The molecule has 15 heavy (non-hydrogen) atoms. The molecule has 0 saturated heterocycles. The average molecular weight is 210 g/mol. The summed E-state index contributed by atoms with van der Waals surface area (Å²) in [4.78, 5) is 14.8. The second-order valence-electron chi connectivity index (χ2n) is 4.45. The SMILES string of the molecule is CC(C)(CCCCn1ccnc1)C(=O)O. The van der Waals surface area contributed by atoms with Gasteiger partial charge < -0.3 is 9.67 Å². The van der Waals surface area contributed by atoms with E-state index in [1.54, 1.807) is 26.4 Å². The largest absolute Gasteiger partial charge is 0.481 e. The minimum absolute atomic E-state index is 0.602. The van der Waals surface area contributed by atoms with Gasteiger partial charge >= 0.3 is 5.97 Å². The lowest BCUT2D eigenvalue weighted by molar-refractivity contribution is -0.147. The van der Waals surface area contributed by atoms with Gasteiger partial charge in [0.25, 0.3) is 0 Å². The normalized spacial score (nSPS) is 11.6. The zero-order valence-electron chi connectivity index (χ0n) is 9.31. The Bertz CT molecular complexity index is 304. The number of rotatable bonds is 6. The molecule has 0 saturated carbocycles. The van der Waals surface area contributed by atoms with Gasteiger partial charge in [0, 0.05) is 18.9 Å². The highest BCUT2D eigenvalue weighted by Crippen LogP contribution is 2.23. The Morgan fingerprint density at radius 1 is 1.47 bits per heavy atom. The highest BCUT2D eigenvalue weighted by Gasteiger charge is 2.25. The smallest absolute Gasteiger partial charge is 0.309 e. The fraction of sp³-hybridized carbons (Fsp3) is 0.636. The number of hydrogen-bond donors (Lipinski definition) is 1. The summed E-state index contributed by atoms with van der Waals surface area (Å²) in [7, 11) is 0. The lowest BCUT2D eigenvalue weighted by Crippen LogP contribution is -2.23. The van der Waals surface area contributed by atoms with Gasteiger partial charge in [0.2, 0.25) is 0 Å². The average Bonchev–Trinajstić information content (AvgIpc) is 2.64. The molecule has 1 heterocycles. The minimum atomic E-state index is -0.717. The van der Waals surface area contributed by atoms with Crippen molar-refractivity contribution in [3.05, 3.63) is 18.7 Å². The van der Waals surface area contributed by atoms with Gasteiger partial charge in [0.15, 0.2) is 0 Å². The van der Waals surface area contributed by atoms with Crippen LogP contribution in [0.25, 0.3) is 0 Å². The molecule has 0 aliphatic carbocycles. The van der Waals surface area contributed by atoms with Gasteiger partial charge in [0.05, 0.1) is 11.7 Å². The fourth-order valence-electron chi connectivity index (χ4n) is 1.39. The number of carboxylic acids is 1. The first-order valence-electron chi connectivity index (χ1n) is 5.21. The van der Waals surface area contributed by atoms with Crippen molar-refractivity contribution in [2.45, 2.75) is 39.7 Å². The van der Waals surface area contributed by atoms with E-state index in [0.717, 1.165) is 25.8 Å². The van der Waals surface area contributed by atoms with Gasteiger partial charge in [-0.3, -0.25) is 4.79 Å². The van der Waals surface area contributed by atoms with Crippen LogP contribution in [0.15, 0.2) is 18.7 Å². The van der Waals surface area contributed by atoms with Crippen LogP contribution in [-0.2, 0) is 11.3 Å². The van der Waals surface area contributed by atoms with Crippen LogP contribution in [0, 0.1) is 5.41 Å². The summed E-state index contributed by atoms with van der Waals surface area (Å²) in [6.45, 7) is 4.45. The van der Waals surface area contributed by atoms with Crippen LogP contribution >= 0.6 is 0 Å². The minimum Gasteiger partial charge on any atom is -0.481 e. The molecule has 0 atom stereocenters. The zero-order valence-corrected chi connectivity index (χ0v) is 9.31. The van der Waals surface area contributed by atoms with Crippen molar-refractivity contribution in [3.63, 3.8) is 0 Å². The Balaban J connectivity index is 2.19. The molecule has 1 aromatic heterocycles. The summed E-state index contributed by atoms with van der Waals surface area (Å²) in [5.41, 5.74) is -0.602. The molecule has 4 nitrogen and oxygen atoms in total. The van der Waals surface area contributed by atoms with Crippen LogP contribution in [0.3, 0.4) is 0 Å². The van der Waals surface area contributed by atoms with Gasteiger partial charge in [-0.25, -0.2) is 4.98 Å². The molecule has 1 aromatic rings. The summed E-state index contributed by atoms with van der Waals surface area (Å²) < 4.78 is 2.01. The Hall–Kier alpha value is -1.32. The topological polar surface area (TPSA) is 55.1 Å². The summed E-state index contributed by atoms with van der Waals surface area (Å²) in [5.74, 6) is -0.717. The van der Waals surface area contributed by atoms with Crippen molar-refractivity contribution >= 4 is 5.97 Å². The number of unbranched alkanes of at least 4 members (excludes halogenated alkanes) is 1. The van der Waals surface area contributed by atoms with Gasteiger partial charge in [-0.05, 0) is 26.7 Å². The van der Waals surface area contributed by atoms with E-state index in [-0.39, 0.29) is 0 Å². The molecular formula is C11H18N2O2. The number of aryl methyl sites for hydroxylation is 1. The van der Waals surface area contributed by atoms with Gasteiger partial charge in [0.1, 0.15) is 0 Å². The van der Waals surface area contributed by atoms with E-state index in [0.29, 0.717) is 0 Å². The summed E-state index contributed by atoms with van der Waals surface area (Å²) in [5, 5.41) is 8.91. The third-order valence-corrected chi connectivity index (χ3v) is 2.61. The molecule has 0 spiro atoms. The molecule has 0 aliphatic rings. The first-order valence-corrected chi connectivity index (χ1v) is 5.21. The van der Waals surface area contributed by atoms with Crippen LogP contribution in [0.1, 0.15) is 33.1 Å². The molecule has 1 N–H and O–H groups in total. The van der Waals surface area contributed by atoms with E-state index in [4.69, 9.17) is 5.11 Å². The monoisotopic (exact) mass is 210 g/mol. The van der Waals surface area contributed by atoms with Crippen molar-refractivity contribution in [1.82, 2.24) is 9.55 Å². The highest BCUT2D eigenvalue weighted by atomic mass is 16.4. The third kappa shape index (κ3) is 3.73. The molecule has 0 unspecified atom stereocenters. The maximum atomic E-state index is 10.8. The van der Waals surface area contributed by atoms with Gasteiger partial charge in [-0.2, -0.15) is 0 Å². The van der Waals surface area contributed by atoms with E-state index in [1.807, 2.05) is 10.8 Å². The van der Waals surface area contributed by atoms with Crippen molar-refractivity contribution in [1.29, 1.82) is 0 Å². The van der Waals surface area contributed by atoms with Crippen molar-refractivity contribution < 1.29 is 9.90 Å². The molecule has 84 valence electrons. The van der Waals surface area contributed by atoms with E-state index in [2.05, 4.69) is 4.98 Å². The molecule has 0 radical (unpaired) electrons. The van der Waals surface area contributed by atoms with Crippen LogP contribution < -0.4 is 0 Å². The Labute approximate surface area is 89.9 Å². The zero-order chi connectivity index (χ0) is 11.3. The van der Waals surface area contributed by atoms with Crippen molar-refractivity contribution in [3.8, 4) is 0 Å². The fourth-order valence-corrected chi connectivity index (χ4v) is 1.39. The molecule has 0 aromatic carbocycles. The predicted molar refractivity (Wildman–Crippen MR) is 57.5 cm³/mol. The number of nitrogens with zero attached hydrogens (tertiary/aromatic N) is 2. The molecule has 0 fully saturated rings. The Morgan fingerprint density at radius 2 is 2.20 bits per heavy atom. The lowest BCUT2D eigenvalue weighted by Gasteiger charge is -2.18. The first-order chi connectivity index (χ1) is 7.02. The number of imidazole rings is 1. The summed E-state index contributed by atoms with van der Waals surface area (Å²) in [6, 6.07) is 0. The maximum absolute atomic E-state index is 10.8. The van der Waals surface area contributed by atoms with E-state index < -0.39 is 11.4 Å². The number of carbonyl (C=O) groups is 1. The Morgan fingerprint density at radius 3 is 2.73 bits per heavy atom. The van der Waals surface area contributed by atoms with E-state index in [1.165, 1.54) is 0 Å². The number of aromatic nitrogens is 2. The molecular weight excluding hydrogens is 192 g/mol. The second kappa shape index (κ2) is 4.96. The van der Waals surface area contributed by atoms with Gasteiger partial charge in [-0.15, -0.1) is 0 Å². The van der Waals surface area contributed by atoms with E-state index in [9.17, 15) is 4.79 Å². The van der Waals surface area contributed by atoms with Crippen molar-refractivity contribution in [2.75, 3.05) is 0 Å². The Kier molecular flexibility index (Phi) is 3.88. The molecule has 0 amide bonds. The highest BCUT2D eigenvalue weighted by molar-refractivity contribution is 5.73. The maximum Gasteiger partial charge on any atom is 0.309 e. The van der Waals surface area contributed by atoms with Gasteiger partial charge in [-0.1, -0.05) is 6.42 Å². The standard InChI is InChI=1S/C11H18N2O2/c1-11(2,10(14)15)5-3-4-7-13-8-6-12-9-13/h6,8-9H,3-5,7H2,1-2H3,(H,14,15). The number of aliphatic carboxylic acids is 1. The third-order valence-electron chi connectivity index (χ3n) is 2.61. The molecule has 0 bridgehead atoms. The lowest BCUT2D eigenvalue weighted by atomic mass is 9.87. The van der Waals surface area contributed by atoms with Crippen LogP contribution in [0.4, 0.5) is 0 Å². The second-order valence-corrected chi connectivity index (χ2v) is 4.45. The van der Waals surface area contributed by atoms with Crippen LogP contribution in [0.2, 0.25) is 0 Å². The predicted octanol–water partition coefficient (Wildman–Crippen LogP) is 2.16. The molecule has 1 rings (SSSR count). The molecule has 0 aliphatic heterocycles. The number of hydrogen-bond acceptors (Lipinski definition) is 2. The van der Waals surface area contributed by atoms with Crippen LogP contribution in [0.5, 0.6) is 0 Å². The van der Waals surface area contributed by atoms with E-state index >= 15 is 0 Å². The quantitative estimate of drug-likeness (QED) is 0.732. The first kappa shape index (κ1) is 11.8. The van der Waals surface area contributed by atoms with Crippen LogP contribution in [-0.4, -0.2) is 20.6 Å². The molecule has 4 heteroatoms.